The van der Waals surface area contributed by atoms with Crippen molar-refractivity contribution in [3.05, 3.63) is 28.8 Å². The Hall–Kier alpha value is -1.95. The highest BCUT2D eigenvalue weighted by atomic mass is 35.5. The lowest BCUT2D eigenvalue weighted by Crippen LogP contribution is -2.09. The van der Waals surface area contributed by atoms with E-state index in [1.165, 1.54) is 0 Å². The first-order chi connectivity index (χ1) is 10.1. The summed E-state index contributed by atoms with van der Waals surface area (Å²) in [7, 11) is 0. The predicted octanol–water partition coefficient (Wildman–Crippen LogP) is 3.00. The van der Waals surface area contributed by atoms with Gasteiger partial charge in [0.1, 0.15) is 5.75 Å². The van der Waals surface area contributed by atoms with Crippen LogP contribution >= 0.6 is 11.6 Å². The topological polar surface area (TPSA) is 101 Å². The summed E-state index contributed by atoms with van der Waals surface area (Å²) in [4.78, 5) is 12.4. The zero-order chi connectivity index (χ0) is 15.0. The first-order valence-electron chi connectivity index (χ1n) is 6.79. The molecule has 0 aliphatic heterocycles. The summed E-state index contributed by atoms with van der Waals surface area (Å²) in [5.74, 6) is 5.59. The number of carbonyl (C=O) groups is 1. The van der Waals surface area contributed by atoms with Gasteiger partial charge in [0, 0.05) is 17.4 Å². The Labute approximate surface area is 126 Å². The molecule has 2 fully saturated rings. The summed E-state index contributed by atoms with van der Waals surface area (Å²) in [6, 6.07) is 5.09. The van der Waals surface area contributed by atoms with Crippen molar-refractivity contribution >= 4 is 23.2 Å². The van der Waals surface area contributed by atoms with Crippen LogP contribution in [0.1, 0.15) is 29.6 Å². The molecule has 1 aromatic rings. The molecule has 0 radical (unpaired) electrons. The number of nitrogens with two attached hydrogens (primary N) is 1. The lowest BCUT2D eigenvalue weighted by atomic mass is 10.1. The van der Waals surface area contributed by atoms with Crippen molar-refractivity contribution in [2.45, 2.75) is 25.4 Å². The SMILES string of the molecule is N=N/C(=N\N)[C@H]1C[C@@H]1C(=O)c1ccc(OC2CC2)c(Cl)c1. The Kier molecular flexibility index (Phi) is 3.63. The van der Waals surface area contributed by atoms with Crippen molar-refractivity contribution in [2.75, 3.05) is 0 Å². The van der Waals surface area contributed by atoms with E-state index in [4.69, 9.17) is 27.7 Å². The molecule has 2 saturated carbocycles. The van der Waals surface area contributed by atoms with Crippen LogP contribution in [0, 0.1) is 17.4 Å². The van der Waals surface area contributed by atoms with E-state index in [-0.39, 0.29) is 29.6 Å². The average Bonchev–Trinajstić information content (AvgIpc) is 3.36. The third-order valence-corrected chi connectivity index (χ3v) is 4.04. The molecule has 0 aromatic heterocycles. The maximum atomic E-state index is 12.4. The van der Waals surface area contributed by atoms with E-state index in [1.54, 1.807) is 18.2 Å². The molecule has 2 atom stereocenters. The number of Topliss-reactive ketones (excluding diaryl/α,β-unsaturated/α-hetero) is 1. The molecule has 0 saturated heterocycles. The van der Waals surface area contributed by atoms with Crippen molar-refractivity contribution in [2.24, 2.45) is 27.9 Å². The second-order valence-electron chi connectivity index (χ2n) is 5.37. The molecule has 2 aliphatic rings. The molecule has 110 valence electrons. The molecule has 6 nitrogen and oxygen atoms in total. The Bertz CT molecular complexity index is 627. The number of nitrogens with zero attached hydrogens (tertiary/aromatic N) is 2. The minimum atomic E-state index is -0.215. The van der Waals surface area contributed by atoms with Gasteiger partial charge in [-0.2, -0.15) is 5.10 Å². The number of hydrogen-bond donors (Lipinski definition) is 2. The van der Waals surface area contributed by atoms with E-state index in [0.29, 0.717) is 22.8 Å². The number of hydrazone groups is 1. The third kappa shape index (κ3) is 2.90. The normalized spacial score (nSPS) is 24.5. The minimum Gasteiger partial charge on any atom is -0.489 e. The number of carbonyl (C=O) groups excluding carboxylic acids is 1. The minimum absolute atomic E-state index is 0.0235. The number of amidine groups is 1. The van der Waals surface area contributed by atoms with Crippen molar-refractivity contribution < 1.29 is 9.53 Å². The molecule has 1 aromatic carbocycles. The summed E-state index contributed by atoms with van der Waals surface area (Å²) in [6.07, 6.45) is 2.99. The number of benzene rings is 1. The van der Waals surface area contributed by atoms with Gasteiger partial charge in [0.2, 0.25) is 0 Å². The molecule has 0 spiro atoms. The Balaban J connectivity index is 1.71. The van der Waals surface area contributed by atoms with Gasteiger partial charge in [-0.05, 0) is 37.5 Å². The molecular formula is C14H15ClN4O2. The maximum Gasteiger partial charge on any atom is 0.173 e. The first kappa shape index (κ1) is 14.0. The van der Waals surface area contributed by atoms with Crippen LogP contribution < -0.4 is 10.6 Å². The molecule has 3 N–H and O–H groups in total. The number of halogens is 1. The third-order valence-electron chi connectivity index (χ3n) is 3.74. The highest BCUT2D eigenvalue weighted by molar-refractivity contribution is 6.32. The van der Waals surface area contributed by atoms with Crippen molar-refractivity contribution in [1.82, 2.24) is 0 Å². The second-order valence-corrected chi connectivity index (χ2v) is 5.78. The van der Waals surface area contributed by atoms with Crippen LogP contribution in [-0.2, 0) is 0 Å². The average molecular weight is 307 g/mol. The van der Waals surface area contributed by atoms with E-state index < -0.39 is 0 Å². The van der Waals surface area contributed by atoms with E-state index in [9.17, 15) is 4.79 Å². The van der Waals surface area contributed by atoms with Gasteiger partial charge in [-0.3, -0.25) is 4.79 Å². The molecule has 0 unspecified atom stereocenters. The number of hydrogen-bond acceptors (Lipinski definition) is 5. The Morgan fingerprint density at radius 2 is 2.14 bits per heavy atom. The summed E-state index contributed by atoms with van der Waals surface area (Å²) in [5, 5.41) is 7.12. The maximum absolute atomic E-state index is 12.4. The standard InChI is InChI=1S/C14H15ClN4O2/c15-11-5-7(1-4-12(11)21-8-2-3-8)13(20)9-6-10(9)14(18-16)19-17/h1,4-5,8-10,16H,2-3,6,17H2/b18-16?,19-14-/t9-,10-/m0/s1. The highest BCUT2D eigenvalue weighted by Gasteiger charge is 2.47. The summed E-state index contributed by atoms with van der Waals surface area (Å²) in [6.45, 7) is 0. The van der Waals surface area contributed by atoms with E-state index in [0.717, 1.165) is 12.8 Å². The van der Waals surface area contributed by atoms with Gasteiger partial charge in [0.05, 0.1) is 11.1 Å². The summed E-state index contributed by atoms with van der Waals surface area (Å²) in [5.41, 5.74) is 7.50. The Morgan fingerprint density at radius 1 is 1.38 bits per heavy atom. The zero-order valence-electron chi connectivity index (χ0n) is 11.3. The lowest BCUT2D eigenvalue weighted by molar-refractivity contribution is 0.0964. The highest BCUT2D eigenvalue weighted by Crippen LogP contribution is 2.43. The quantitative estimate of drug-likeness (QED) is 0.218. The second kappa shape index (κ2) is 5.44. The number of ether oxygens (including phenoxy) is 1. The van der Waals surface area contributed by atoms with Crippen LogP contribution in [0.2, 0.25) is 5.02 Å². The van der Waals surface area contributed by atoms with Crippen molar-refractivity contribution in [3.63, 3.8) is 0 Å². The van der Waals surface area contributed by atoms with Gasteiger partial charge in [-0.15, -0.1) is 5.11 Å². The van der Waals surface area contributed by atoms with Crippen molar-refractivity contribution in [3.8, 4) is 5.75 Å². The molecule has 7 heteroatoms. The van der Waals surface area contributed by atoms with E-state index in [1.807, 2.05) is 0 Å². The van der Waals surface area contributed by atoms with Crippen LogP contribution in [0.3, 0.4) is 0 Å². The van der Waals surface area contributed by atoms with Gasteiger partial charge < -0.3 is 10.6 Å². The lowest BCUT2D eigenvalue weighted by Gasteiger charge is -2.08. The van der Waals surface area contributed by atoms with Gasteiger partial charge >= 0.3 is 0 Å². The largest absolute Gasteiger partial charge is 0.489 e. The van der Waals surface area contributed by atoms with E-state index >= 15 is 0 Å². The molecular weight excluding hydrogens is 292 g/mol. The fraction of sp³-hybridized carbons (Fsp3) is 0.429. The monoisotopic (exact) mass is 306 g/mol. The number of nitrogens with one attached hydrogen (secondary N) is 1. The van der Waals surface area contributed by atoms with Crippen LogP contribution in [0.4, 0.5) is 0 Å². The fourth-order valence-electron chi connectivity index (χ4n) is 2.31. The molecule has 0 heterocycles. The van der Waals surface area contributed by atoms with Gasteiger partial charge in [-0.25, -0.2) is 5.53 Å². The fourth-order valence-corrected chi connectivity index (χ4v) is 2.53. The summed E-state index contributed by atoms with van der Waals surface area (Å²) < 4.78 is 5.64. The molecule has 2 aliphatic carbocycles. The number of ketones is 1. The van der Waals surface area contributed by atoms with E-state index in [2.05, 4.69) is 10.2 Å². The summed E-state index contributed by atoms with van der Waals surface area (Å²) >= 11 is 6.15. The van der Waals surface area contributed by atoms with Gasteiger partial charge in [0.25, 0.3) is 0 Å². The first-order valence-corrected chi connectivity index (χ1v) is 7.17. The van der Waals surface area contributed by atoms with Crippen LogP contribution in [0.15, 0.2) is 28.4 Å². The Morgan fingerprint density at radius 3 is 2.71 bits per heavy atom. The smallest absolute Gasteiger partial charge is 0.173 e. The molecule has 3 rings (SSSR count). The van der Waals surface area contributed by atoms with Crippen LogP contribution in [-0.4, -0.2) is 17.7 Å². The molecule has 21 heavy (non-hydrogen) atoms. The number of rotatable bonds is 5. The zero-order valence-corrected chi connectivity index (χ0v) is 12.0. The van der Waals surface area contributed by atoms with Crippen LogP contribution in [0.5, 0.6) is 5.75 Å². The molecule has 0 bridgehead atoms. The van der Waals surface area contributed by atoms with Gasteiger partial charge in [-0.1, -0.05) is 11.6 Å². The predicted molar refractivity (Wildman–Crippen MR) is 77.8 cm³/mol. The molecule has 0 amide bonds. The van der Waals surface area contributed by atoms with Gasteiger partial charge in [0.15, 0.2) is 11.6 Å². The van der Waals surface area contributed by atoms with Crippen molar-refractivity contribution in [1.29, 1.82) is 5.53 Å². The van der Waals surface area contributed by atoms with Crippen LogP contribution in [0.25, 0.3) is 0 Å².